The molecule has 1 fully saturated rings. The predicted molar refractivity (Wildman–Crippen MR) is 73.5 cm³/mol. The first-order chi connectivity index (χ1) is 10.0. The van der Waals surface area contributed by atoms with Gasteiger partial charge < -0.3 is 15.2 Å². The van der Waals surface area contributed by atoms with E-state index in [1.807, 2.05) is 0 Å². The lowest BCUT2D eigenvalue weighted by Crippen LogP contribution is -2.52. The third-order valence-electron chi connectivity index (χ3n) is 3.66. The number of aliphatic carboxylic acids is 1. The van der Waals surface area contributed by atoms with Crippen LogP contribution < -0.4 is 10.1 Å². The first-order valence-electron chi connectivity index (χ1n) is 6.95. The highest BCUT2D eigenvalue weighted by Gasteiger charge is 2.42. The van der Waals surface area contributed by atoms with Crippen molar-refractivity contribution in [2.75, 3.05) is 6.61 Å². The van der Waals surface area contributed by atoms with Crippen LogP contribution in [0, 0.1) is 5.82 Å². The van der Waals surface area contributed by atoms with Crippen LogP contribution in [0.1, 0.15) is 32.1 Å². The minimum atomic E-state index is -1.12. The van der Waals surface area contributed by atoms with Gasteiger partial charge in [0.25, 0.3) is 0 Å². The van der Waals surface area contributed by atoms with Crippen molar-refractivity contribution in [3.05, 3.63) is 30.1 Å². The average molecular weight is 295 g/mol. The topological polar surface area (TPSA) is 75.6 Å². The van der Waals surface area contributed by atoms with Gasteiger partial charge in [-0.05, 0) is 37.1 Å². The molecule has 0 radical (unpaired) electrons. The molecule has 0 bridgehead atoms. The Labute approximate surface area is 122 Å². The summed E-state index contributed by atoms with van der Waals surface area (Å²) in [5.74, 6) is -1.21. The van der Waals surface area contributed by atoms with Crippen LogP contribution in [0.2, 0.25) is 0 Å². The van der Waals surface area contributed by atoms with E-state index in [4.69, 9.17) is 4.74 Å². The van der Waals surface area contributed by atoms with Gasteiger partial charge in [-0.1, -0.05) is 12.8 Å². The molecular formula is C15H18FNO4. The van der Waals surface area contributed by atoms with Crippen molar-refractivity contribution in [2.45, 2.75) is 37.6 Å². The third-order valence-corrected chi connectivity index (χ3v) is 3.66. The van der Waals surface area contributed by atoms with Crippen LogP contribution in [0.4, 0.5) is 4.39 Å². The van der Waals surface area contributed by atoms with Crippen LogP contribution >= 0.6 is 0 Å². The van der Waals surface area contributed by atoms with Crippen LogP contribution in [0.15, 0.2) is 24.3 Å². The number of halogens is 1. The molecule has 0 heterocycles. The van der Waals surface area contributed by atoms with Crippen molar-refractivity contribution in [1.82, 2.24) is 5.32 Å². The molecule has 2 rings (SSSR count). The molecule has 1 saturated carbocycles. The summed E-state index contributed by atoms with van der Waals surface area (Å²) in [6, 6.07) is 5.49. The molecule has 6 heteroatoms. The molecule has 0 aromatic heterocycles. The number of carbonyl (C=O) groups is 2. The molecule has 0 spiro atoms. The number of nitrogens with one attached hydrogen (secondary N) is 1. The highest BCUT2D eigenvalue weighted by molar-refractivity contribution is 5.87. The van der Waals surface area contributed by atoms with Gasteiger partial charge in [-0.2, -0.15) is 0 Å². The predicted octanol–water partition coefficient (Wildman–Crippen LogP) is 2.11. The normalized spacial score (nSPS) is 16.4. The molecule has 21 heavy (non-hydrogen) atoms. The molecule has 0 aliphatic heterocycles. The standard InChI is InChI=1S/C15H18FNO4/c16-11-3-5-12(6-4-11)21-10-7-13(18)17-15(14(19)20)8-1-2-9-15/h3-6H,1-2,7-10H2,(H,17,18)(H,19,20). The number of hydrogen-bond donors (Lipinski definition) is 2. The Bertz CT molecular complexity index is 509. The van der Waals surface area contributed by atoms with Crippen molar-refractivity contribution in [2.24, 2.45) is 0 Å². The Balaban J connectivity index is 1.79. The zero-order valence-electron chi connectivity index (χ0n) is 11.6. The van der Waals surface area contributed by atoms with E-state index in [0.717, 1.165) is 12.8 Å². The maximum atomic E-state index is 12.7. The molecule has 1 aromatic rings. The van der Waals surface area contributed by atoms with Gasteiger partial charge in [-0.3, -0.25) is 4.79 Å². The number of carboxylic acid groups (broad SMARTS) is 1. The molecule has 1 amide bonds. The Morgan fingerprint density at radius 3 is 2.43 bits per heavy atom. The Kier molecular flexibility index (Phi) is 4.77. The molecular weight excluding hydrogens is 277 g/mol. The van der Waals surface area contributed by atoms with Gasteiger partial charge >= 0.3 is 5.97 Å². The van der Waals surface area contributed by atoms with Crippen LogP contribution in [-0.2, 0) is 9.59 Å². The van der Waals surface area contributed by atoms with E-state index in [2.05, 4.69) is 5.32 Å². The number of benzene rings is 1. The molecule has 5 nitrogen and oxygen atoms in total. The second kappa shape index (κ2) is 6.56. The number of rotatable bonds is 6. The van der Waals surface area contributed by atoms with Crippen molar-refractivity contribution in [3.8, 4) is 5.75 Å². The van der Waals surface area contributed by atoms with Gasteiger partial charge in [-0.25, -0.2) is 9.18 Å². The fourth-order valence-corrected chi connectivity index (χ4v) is 2.49. The molecule has 2 N–H and O–H groups in total. The zero-order valence-corrected chi connectivity index (χ0v) is 11.6. The van der Waals surface area contributed by atoms with E-state index in [1.54, 1.807) is 0 Å². The SMILES string of the molecule is O=C(CCOc1ccc(F)cc1)NC1(C(=O)O)CCCC1. The van der Waals surface area contributed by atoms with Crippen LogP contribution in [0.5, 0.6) is 5.75 Å². The minimum Gasteiger partial charge on any atom is -0.493 e. The lowest BCUT2D eigenvalue weighted by atomic mass is 9.97. The van der Waals surface area contributed by atoms with Crippen molar-refractivity contribution >= 4 is 11.9 Å². The maximum Gasteiger partial charge on any atom is 0.329 e. The van der Waals surface area contributed by atoms with E-state index in [9.17, 15) is 19.1 Å². The largest absolute Gasteiger partial charge is 0.493 e. The third kappa shape index (κ3) is 3.93. The minimum absolute atomic E-state index is 0.0619. The van der Waals surface area contributed by atoms with E-state index >= 15 is 0 Å². The molecule has 0 saturated heterocycles. The summed E-state index contributed by atoms with van der Waals surface area (Å²) < 4.78 is 18.0. The van der Waals surface area contributed by atoms with Crippen LogP contribution in [0.3, 0.4) is 0 Å². The lowest BCUT2D eigenvalue weighted by molar-refractivity contribution is -0.147. The highest BCUT2D eigenvalue weighted by atomic mass is 19.1. The summed E-state index contributed by atoms with van der Waals surface area (Å²) in [5, 5.41) is 11.9. The van der Waals surface area contributed by atoms with E-state index in [0.29, 0.717) is 18.6 Å². The Morgan fingerprint density at radius 1 is 1.24 bits per heavy atom. The monoisotopic (exact) mass is 295 g/mol. The number of amides is 1. The summed E-state index contributed by atoms with van der Waals surface area (Å²) in [5.41, 5.74) is -1.12. The molecule has 0 atom stereocenters. The summed E-state index contributed by atoms with van der Waals surface area (Å²) in [6.45, 7) is 0.118. The number of hydrogen-bond acceptors (Lipinski definition) is 3. The summed E-state index contributed by atoms with van der Waals surface area (Å²) in [6.07, 6.45) is 2.60. The van der Waals surface area contributed by atoms with Gasteiger partial charge in [0.2, 0.25) is 5.91 Å². The lowest BCUT2D eigenvalue weighted by Gasteiger charge is -2.25. The molecule has 1 aliphatic rings. The maximum absolute atomic E-state index is 12.7. The van der Waals surface area contributed by atoms with Crippen molar-refractivity contribution < 1.29 is 23.8 Å². The van der Waals surface area contributed by atoms with Gasteiger partial charge in [0.1, 0.15) is 17.1 Å². The Hall–Kier alpha value is -2.11. The van der Waals surface area contributed by atoms with Crippen LogP contribution in [-0.4, -0.2) is 29.1 Å². The molecule has 0 unspecified atom stereocenters. The second-order valence-corrected chi connectivity index (χ2v) is 5.19. The summed E-state index contributed by atoms with van der Waals surface area (Å²) in [7, 11) is 0. The van der Waals surface area contributed by atoms with E-state index in [-0.39, 0.29) is 24.8 Å². The second-order valence-electron chi connectivity index (χ2n) is 5.19. The van der Waals surface area contributed by atoms with Crippen LogP contribution in [0.25, 0.3) is 0 Å². The zero-order chi connectivity index (χ0) is 15.3. The molecule has 114 valence electrons. The van der Waals surface area contributed by atoms with Gasteiger partial charge in [0.05, 0.1) is 13.0 Å². The quantitative estimate of drug-likeness (QED) is 0.843. The molecule has 1 aromatic carbocycles. The van der Waals surface area contributed by atoms with E-state index in [1.165, 1.54) is 24.3 Å². The van der Waals surface area contributed by atoms with Crippen molar-refractivity contribution in [1.29, 1.82) is 0 Å². The fourth-order valence-electron chi connectivity index (χ4n) is 2.49. The highest BCUT2D eigenvalue weighted by Crippen LogP contribution is 2.29. The smallest absolute Gasteiger partial charge is 0.329 e. The first kappa shape index (κ1) is 15.3. The average Bonchev–Trinajstić information content (AvgIpc) is 2.91. The van der Waals surface area contributed by atoms with Gasteiger partial charge in [0.15, 0.2) is 0 Å². The first-order valence-corrected chi connectivity index (χ1v) is 6.95. The molecule has 1 aliphatic carbocycles. The van der Waals surface area contributed by atoms with Gasteiger partial charge in [0, 0.05) is 0 Å². The van der Waals surface area contributed by atoms with Crippen molar-refractivity contribution in [3.63, 3.8) is 0 Å². The summed E-state index contributed by atoms with van der Waals surface area (Å²) >= 11 is 0. The number of ether oxygens (including phenoxy) is 1. The van der Waals surface area contributed by atoms with E-state index < -0.39 is 11.5 Å². The number of carboxylic acids is 1. The Morgan fingerprint density at radius 2 is 1.86 bits per heavy atom. The summed E-state index contributed by atoms with van der Waals surface area (Å²) in [4.78, 5) is 23.1. The number of carbonyl (C=O) groups excluding carboxylic acids is 1. The van der Waals surface area contributed by atoms with Gasteiger partial charge in [-0.15, -0.1) is 0 Å². The fraction of sp³-hybridized carbons (Fsp3) is 0.467.